The van der Waals surface area contributed by atoms with E-state index in [1.54, 1.807) is 6.07 Å². The Bertz CT molecular complexity index is 130. The second-order valence-corrected chi connectivity index (χ2v) is 1.46. The van der Waals surface area contributed by atoms with Crippen LogP contribution in [0.15, 0.2) is 0 Å². The molecule has 0 spiro atoms. The van der Waals surface area contributed by atoms with Crippen LogP contribution in [-0.4, -0.2) is 30.8 Å². The summed E-state index contributed by atoms with van der Waals surface area (Å²) in [5.41, 5.74) is 5.00. The lowest BCUT2D eigenvalue weighted by atomic mass is 10.7. The van der Waals surface area contributed by atoms with E-state index in [1.165, 1.54) is 6.92 Å². The Balaban J connectivity index is 0. The number of hydrogen-bond acceptors (Lipinski definition) is 4. The van der Waals surface area contributed by atoms with Crippen molar-refractivity contribution in [1.82, 2.24) is 0 Å². The fourth-order valence-electron chi connectivity index (χ4n) is 0.243. The fourth-order valence-corrected chi connectivity index (χ4v) is 0.243. The highest BCUT2D eigenvalue weighted by Crippen LogP contribution is 1.69. The van der Waals surface area contributed by atoms with Crippen LogP contribution in [0.2, 0.25) is 0 Å². The molecule has 0 fully saturated rings. The Morgan fingerprint density at radius 2 is 2.27 bits per heavy atom. The van der Waals surface area contributed by atoms with Gasteiger partial charge in [0, 0.05) is 13.5 Å². The smallest absolute Gasteiger partial charge is 0.329 e. The molecular formula is C6H12N2O3. The first kappa shape index (κ1) is 12.5. The maximum absolute atomic E-state index is 9.71. The van der Waals surface area contributed by atoms with Gasteiger partial charge in [0.25, 0.3) is 0 Å². The van der Waals surface area contributed by atoms with Crippen LogP contribution in [-0.2, 0) is 9.53 Å². The van der Waals surface area contributed by atoms with Gasteiger partial charge in [-0.25, -0.2) is 4.79 Å². The second-order valence-electron chi connectivity index (χ2n) is 1.46. The summed E-state index contributed by atoms with van der Waals surface area (Å²) in [6.45, 7) is 1.86. The lowest BCUT2D eigenvalue weighted by Gasteiger charge is -1.94. The second kappa shape index (κ2) is 11.6. The summed E-state index contributed by atoms with van der Waals surface area (Å²) >= 11 is 0. The van der Waals surface area contributed by atoms with Gasteiger partial charge in [0.1, 0.15) is 6.61 Å². The molecule has 0 saturated heterocycles. The molecule has 5 heteroatoms. The molecule has 11 heavy (non-hydrogen) atoms. The number of nitrogens with zero attached hydrogens (tertiary/aromatic N) is 1. The standard InChI is InChI=1S/C4H9NO3.C2H3N/c5-1-2-8-3-4(6)7;1-2-3/h1-3,5H2,(H,6,7);1H3. The van der Waals surface area contributed by atoms with Crippen molar-refractivity contribution in [1.29, 1.82) is 5.26 Å². The number of hydrogen-bond donors (Lipinski definition) is 2. The van der Waals surface area contributed by atoms with Gasteiger partial charge >= 0.3 is 5.97 Å². The lowest BCUT2D eigenvalue weighted by molar-refractivity contribution is -0.142. The Kier molecular flexibility index (Phi) is 13.3. The van der Waals surface area contributed by atoms with Gasteiger partial charge < -0.3 is 15.6 Å². The molecule has 0 amide bonds. The van der Waals surface area contributed by atoms with E-state index >= 15 is 0 Å². The summed E-state index contributed by atoms with van der Waals surface area (Å²) in [4.78, 5) is 9.71. The van der Waals surface area contributed by atoms with Crippen LogP contribution in [0.25, 0.3) is 0 Å². The Hall–Kier alpha value is -1.12. The van der Waals surface area contributed by atoms with Crippen LogP contribution in [0.3, 0.4) is 0 Å². The molecule has 0 aliphatic heterocycles. The Labute approximate surface area is 65.4 Å². The summed E-state index contributed by atoms with van der Waals surface area (Å²) in [7, 11) is 0. The molecule has 0 rings (SSSR count). The average Bonchev–Trinajstić information content (AvgIpc) is 1.89. The van der Waals surface area contributed by atoms with Crippen molar-refractivity contribution < 1.29 is 14.6 Å². The van der Waals surface area contributed by atoms with E-state index in [1.807, 2.05) is 0 Å². The highest BCUT2D eigenvalue weighted by molar-refractivity contribution is 5.67. The van der Waals surface area contributed by atoms with Gasteiger partial charge in [-0.1, -0.05) is 0 Å². The highest BCUT2D eigenvalue weighted by atomic mass is 16.5. The van der Waals surface area contributed by atoms with E-state index < -0.39 is 5.97 Å². The maximum Gasteiger partial charge on any atom is 0.329 e. The monoisotopic (exact) mass is 160 g/mol. The van der Waals surface area contributed by atoms with E-state index in [4.69, 9.17) is 16.1 Å². The van der Waals surface area contributed by atoms with Gasteiger partial charge in [-0.05, 0) is 0 Å². The first-order valence-corrected chi connectivity index (χ1v) is 2.99. The minimum atomic E-state index is -0.960. The normalized spacial score (nSPS) is 7.36. The van der Waals surface area contributed by atoms with Crippen molar-refractivity contribution in [2.45, 2.75) is 6.92 Å². The van der Waals surface area contributed by atoms with Gasteiger partial charge in [0.15, 0.2) is 0 Å². The predicted molar refractivity (Wildman–Crippen MR) is 38.8 cm³/mol. The molecule has 0 unspecified atom stereocenters. The molecule has 3 N–H and O–H groups in total. The first-order chi connectivity index (χ1) is 5.18. The fraction of sp³-hybridized carbons (Fsp3) is 0.667. The molecule has 0 atom stereocenters. The van der Waals surface area contributed by atoms with Crippen LogP contribution >= 0.6 is 0 Å². The average molecular weight is 160 g/mol. The molecule has 64 valence electrons. The van der Waals surface area contributed by atoms with Crippen molar-refractivity contribution >= 4 is 5.97 Å². The molecule has 0 aliphatic rings. The van der Waals surface area contributed by atoms with Gasteiger partial charge in [0.2, 0.25) is 0 Å². The number of aliphatic carboxylic acids is 1. The molecule has 5 nitrogen and oxygen atoms in total. The van der Waals surface area contributed by atoms with Crippen molar-refractivity contribution in [3.8, 4) is 6.07 Å². The maximum atomic E-state index is 9.71. The summed E-state index contributed by atoms with van der Waals surface area (Å²) in [6.07, 6.45) is 0. The molecule has 0 heterocycles. The molecule has 0 bridgehead atoms. The van der Waals surface area contributed by atoms with E-state index in [2.05, 4.69) is 4.74 Å². The third-order valence-electron chi connectivity index (χ3n) is 0.488. The molecule has 0 aliphatic carbocycles. The molecule has 0 aromatic heterocycles. The highest BCUT2D eigenvalue weighted by Gasteiger charge is 1.92. The minimum Gasteiger partial charge on any atom is -0.480 e. The number of ether oxygens (including phenoxy) is 1. The molecule has 0 radical (unpaired) electrons. The third-order valence-corrected chi connectivity index (χ3v) is 0.488. The Morgan fingerprint density at radius 3 is 2.55 bits per heavy atom. The zero-order valence-electron chi connectivity index (χ0n) is 6.41. The summed E-state index contributed by atoms with van der Waals surface area (Å²) in [6, 6.07) is 1.75. The summed E-state index contributed by atoms with van der Waals surface area (Å²) < 4.78 is 4.52. The number of carboxylic acid groups (broad SMARTS) is 1. The largest absolute Gasteiger partial charge is 0.480 e. The number of nitriles is 1. The van der Waals surface area contributed by atoms with Crippen LogP contribution in [0.4, 0.5) is 0 Å². The van der Waals surface area contributed by atoms with Crippen molar-refractivity contribution in [3.63, 3.8) is 0 Å². The van der Waals surface area contributed by atoms with E-state index in [0.29, 0.717) is 13.2 Å². The van der Waals surface area contributed by atoms with Crippen LogP contribution in [0.5, 0.6) is 0 Å². The Morgan fingerprint density at radius 1 is 1.82 bits per heavy atom. The third kappa shape index (κ3) is 27.9. The van der Waals surface area contributed by atoms with Crippen LogP contribution in [0, 0.1) is 11.3 Å². The van der Waals surface area contributed by atoms with Gasteiger partial charge in [-0.2, -0.15) is 5.26 Å². The number of carboxylic acids is 1. The summed E-state index contributed by atoms with van der Waals surface area (Å²) in [5.74, 6) is -0.960. The van der Waals surface area contributed by atoms with E-state index in [0.717, 1.165) is 0 Å². The number of carbonyl (C=O) groups is 1. The first-order valence-electron chi connectivity index (χ1n) is 2.99. The van der Waals surface area contributed by atoms with Gasteiger partial charge in [0.05, 0.1) is 12.7 Å². The minimum absolute atomic E-state index is 0.253. The van der Waals surface area contributed by atoms with Crippen molar-refractivity contribution in [3.05, 3.63) is 0 Å². The van der Waals surface area contributed by atoms with E-state index in [-0.39, 0.29) is 6.61 Å². The van der Waals surface area contributed by atoms with Gasteiger partial charge in [-0.15, -0.1) is 0 Å². The summed E-state index contributed by atoms with van der Waals surface area (Å²) in [5, 5.41) is 15.3. The quantitative estimate of drug-likeness (QED) is 0.544. The molecule has 0 saturated carbocycles. The van der Waals surface area contributed by atoms with E-state index in [9.17, 15) is 4.79 Å². The predicted octanol–water partition coefficient (Wildman–Crippen LogP) is -0.424. The molecule has 0 aromatic carbocycles. The van der Waals surface area contributed by atoms with Crippen LogP contribution in [0.1, 0.15) is 6.92 Å². The number of nitrogens with two attached hydrogens (primary N) is 1. The lowest BCUT2D eigenvalue weighted by Crippen LogP contribution is -2.13. The molecular weight excluding hydrogens is 148 g/mol. The van der Waals surface area contributed by atoms with Crippen LogP contribution < -0.4 is 5.73 Å². The zero-order chi connectivity index (χ0) is 9.11. The van der Waals surface area contributed by atoms with Crippen molar-refractivity contribution in [2.75, 3.05) is 19.8 Å². The topological polar surface area (TPSA) is 96.3 Å². The molecule has 0 aromatic rings. The zero-order valence-corrected chi connectivity index (χ0v) is 6.41. The van der Waals surface area contributed by atoms with Gasteiger partial charge in [-0.3, -0.25) is 0 Å². The van der Waals surface area contributed by atoms with Crippen molar-refractivity contribution in [2.24, 2.45) is 5.73 Å². The number of rotatable bonds is 4. The SMILES string of the molecule is CC#N.NCCOCC(=O)O.